The van der Waals surface area contributed by atoms with Gasteiger partial charge in [-0.25, -0.2) is 13.2 Å². The van der Waals surface area contributed by atoms with Crippen molar-refractivity contribution < 1.29 is 23.1 Å². The van der Waals surface area contributed by atoms with Gasteiger partial charge >= 0.3 is 5.97 Å². The Morgan fingerprint density at radius 2 is 1.90 bits per heavy atom. The van der Waals surface area contributed by atoms with Gasteiger partial charge in [-0.05, 0) is 34.1 Å². The van der Waals surface area contributed by atoms with Gasteiger partial charge in [-0.2, -0.15) is 0 Å². The molecule has 6 nitrogen and oxygen atoms in total. The van der Waals surface area contributed by atoms with Gasteiger partial charge in [0, 0.05) is 25.0 Å². The number of hydrogen-bond donors (Lipinski definition) is 1. The number of carboxylic acid groups (broad SMARTS) is 1. The van der Waals surface area contributed by atoms with Crippen LogP contribution >= 0.6 is 15.9 Å². The Bertz CT molecular complexity index is 639. The van der Waals surface area contributed by atoms with E-state index in [1.54, 1.807) is 0 Å². The molecule has 0 unspecified atom stereocenters. The SMILES string of the molecule is CN(C)C(=O)CCS(=O)(=O)c1ccc(Br)c(C(=O)O)c1. The average Bonchev–Trinajstić information content (AvgIpc) is 2.35. The molecular formula is C12H14BrNO5S. The van der Waals surface area contributed by atoms with Crippen molar-refractivity contribution >= 4 is 37.6 Å². The van der Waals surface area contributed by atoms with E-state index in [0.29, 0.717) is 4.47 Å². The monoisotopic (exact) mass is 363 g/mol. The topological polar surface area (TPSA) is 91.8 Å². The number of hydrogen-bond acceptors (Lipinski definition) is 4. The van der Waals surface area contributed by atoms with Crippen molar-refractivity contribution in [1.29, 1.82) is 0 Å². The highest BCUT2D eigenvalue weighted by Crippen LogP contribution is 2.22. The van der Waals surface area contributed by atoms with Crippen LogP contribution in [-0.2, 0) is 14.6 Å². The van der Waals surface area contributed by atoms with Crippen molar-refractivity contribution in [1.82, 2.24) is 4.90 Å². The fourth-order valence-electron chi connectivity index (χ4n) is 1.42. The lowest BCUT2D eigenvalue weighted by Crippen LogP contribution is -2.24. The highest BCUT2D eigenvalue weighted by molar-refractivity contribution is 9.10. The molecule has 110 valence electrons. The van der Waals surface area contributed by atoms with Crippen LogP contribution in [0.4, 0.5) is 0 Å². The zero-order valence-corrected chi connectivity index (χ0v) is 13.4. The Hall–Kier alpha value is -1.41. The van der Waals surface area contributed by atoms with Gasteiger partial charge in [-0.15, -0.1) is 0 Å². The number of sulfone groups is 1. The van der Waals surface area contributed by atoms with Gasteiger partial charge < -0.3 is 10.0 Å². The van der Waals surface area contributed by atoms with E-state index in [1.165, 1.54) is 31.1 Å². The largest absolute Gasteiger partial charge is 0.478 e. The Labute approximate surface area is 125 Å². The van der Waals surface area contributed by atoms with E-state index in [0.717, 1.165) is 6.07 Å². The summed E-state index contributed by atoms with van der Waals surface area (Å²) in [4.78, 5) is 23.6. The van der Waals surface area contributed by atoms with Crippen LogP contribution in [0.5, 0.6) is 0 Å². The van der Waals surface area contributed by atoms with E-state index in [4.69, 9.17) is 5.11 Å². The summed E-state index contributed by atoms with van der Waals surface area (Å²) in [6, 6.07) is 3.76. The molecule has 0 saturated heterocycles. The minimum Gasteiger partial charge on any atom is -0.478 e. The second-order valence-electron chi connectivity index (χ2n) is 4.30. The zero-order valence-electron chi connectivity index (χ0n) is 11.0. The first-order valence-corrected chi connectivity index (χ1v) is 8.05. The minimum atomic E-state index is -3.69. The lowest BCUT2D eigenvalue weighted by atomic mass is 10.2. The second kappa shape index (κ2) is 6.36. The highest BCUT2D eigenvalue weighted by atomic mass is 79.9. The van der Waals surface area contributed by atoms with Gasteiger partial charge in [0.25, 0.3) is 0 Å². The Morgan fingerprint density at radius 3 is 2.40 bits per heavy atom. The maximum absolute atomic E-state index is 12.1. The quantitative estimate of drug-likeness (QED) is 0.853. The Balaban J connectivity index is 3.02. The Kier molecular flexibility index (Phi) is 5.29. The van der Waals surface area contributed by atoms with Crippen molar-refractivity contribution in [2.24, 2.45) is 0 Å². The summed E-state index contributed by atoms with van der Waals surface area (Å²) in [5.74, 6) is -1.88. The molecule has 1 aromatic carbocycles. The molecule has 0 aliphatic heterocycles. The van der Waals surface area contributed by atoms with Crippen LogP contribution < -0.4 is 0 Å². The van der Waals surface area contributed by atoms with Gasteiger partial charge in [-0.1, -0.05) is 0 Å². The van der Waals surface area contributed by atoms with Crippen LogP contribution in [0.3, 0.4) is 0 Å². The predicted molar refractivity (Wildman–Crippen MR) is 76.5 cm³/mol. The number of carboxylic acids is 1. The number of aromatic carboxylic acids is 1. The third-order valence-electron chi connectivity index (χ3n) is 2.61. The fraction of sp³-hybridized carbons (Fsp3) is 0.333. The molecule has 1 aromatic rings. The molecule has 0 atom stereocenters. The van der Waals surface area contributed by atoms with Crippen molar-refractivity contribution in [2.45, 2.75) is 11.3 Å². The molecule has 20 heavy (non-hydrogen) atoms. The van der Waals surface area contributed by atoms with E-state index in [9.17, 15) is 18.0 Å². The number of benzene rings is 1. The molecule has 0 bridgehead atoms. The van der Waals surface area contributed by atoms with Gasteiger partial charge in [0.1, 0.15) is 0 Å². The number of carbonyl (C=O) groups is 2. The summed E-state index contributed by atoms with van der Waals surface area (Å²) in [6.45, 7) is 0. The third kappa shape index (κ3) is 4.04. The van der Waals surface area contributed by atoms with Crippen molar-refractivity contribution in [2.75, 3.05) is 19.8 Å². The van der Waals surface area contributed by atoms with Gasteiger partial charge in [0.05, 0.1) is 16.2 Å². The van der Waals surface area contributed by atoms with Gasteiger partial charge in [-0.3, -0.25) is 4.79 Å². The fourth-order valence-corrected chi connectivity index (χ4v) is 3.09. The lowest BCUT2D eigenvalue weighted by Gasteiger charge is -2.10. The highest BCUT2D eigenvalue weighted by Gasteiger charge is 2.20. The zero-order chi connectivity index (χ0) is 15.5. The van der Waals surface area contributed by atoms with Crippen LogP contribution in [0.1, 0.15) is 16.8 Å². The number of nitrogens with zero attached hydrogens (tertiary/aromatic N) is 1. The number of rotatable bonds is 5. The summed E-state index contributed by atoms with van der Waals surface area (Å²) >= 11 is 3.04. The van der Waals surface area contributed by atoms with E-state index < -0.39 is 15.8 Å². The standard InChI is InChI=1S/C12H14BrNO5S/c1-14(2)11(15)5-6-20(18,19)8-3-4-10(13)9(7-8)12(16)17/h3-4,7H,5-6H2,1-2H3,(H,16,17). The molecule has 1 rings (SSSR count). The first-order chi connectivity index (χ1) is 9.15. The number of amides is 1. The molecule has 0 aliphatic carbocycles. The maximum Gasteiger partial charge on any atom is 0.336 e. The molecular weight excluding hydrogens is 350 g/mol. The summed E-state index contributed by atoms with van der Waals surface area (Å²) in [7, 11) is -0.616. The second-order valence-corrected chi connectivity index (χ2v) is 7.27. The molecule has 8 heteroatoms. The van der Waals surface area contributed by atoms with Crippen molar-refractivity contribution in [3.05, 3.63) is 28.2 Å². The third-order valence-corrected chi connectivity index (χ3v) is 5.02. The van der Waals surface area contributed by atoms with Crippen LogP contribution in [-0.4, -0.2) is 50.1 Å². The molecule has 0 fully saturated rings. The Morgan fingerprint density at radius 1 is 1.30 bits per heavy atom. The first kappa shape index (κ1) is 16.6. The van der Waals surface area contributed by atoms with Crippen LogP contribution in [0.15, 0.2) is 27.6 Å². The number of carbonyl (C=O) groups excluding carboxylic acids is 1. The van der Waals surface area contributed by atoms with E-state index in [-0.39, 0.29) is 28.5 Å². The molecule has 1 amide bonds. The number of halogens is 1. The van der Waals surface area contributed by atoms with Crippen LogP contribution in [0, 0.1) is 0 Å². The first-order valence-electron chi connectivity index (χ1n) is 5.61. The molecule has 1 N–H and O–H groups in total. The molecule has 0 aliphatic rings. The van der Waals surface area contributed by atoms with E-state index in [2.05, 4.69) is 15.9 Å². The normalized spacial score (nSPS) is 11.2. The molecule has 0 aromatic heterocycles. The average molecular weight is 364 g/mol. The molecule has 0 heterocycles. The van der Waals surface area contributed by atoms with Crippen LogP contribution in [0.2, 0.25) is 0 Å². The molecule has 0 spiro atoms. The van der Waals surface area contributed by atoms with E-state index in [1.807, 2.05) is 0 Å². The minimum absolute atomic E-state index is 0.107. The van der Waals surface area contributed by atoms with Gasteiger partial charge in [0.2, 0.25) is 5.91 Å². The molecule has 0 radical (unpaired) electrons. The summed E-state index contributed by atoms with van der Waals surface area (Å²) in [6.07, 6.45) is -0.145. The summed E-state index contributed by atoms with van der Waals surface area (Å²) in [5.41, 5.74) is -0.134. The van der Waals surface area contributed by atoms with Crippen molar-refractivity contribution in [3.63, 3.8) is 0 Å². The summed E-state index contributed by atoms with van der Waals surface area (Å²) < 4.78 is 24.4. The predicted octanol–water partition coefficient (Wildman–Crippen LogP) is 1.40. The smallest absolute Gasteiger partial charge is 0.336 e. The molecule has 0 saturated carbocycles. The van der Waals surface area contributed by atoms with Gasteiger partial charge in [0.15, 0.2) is 9.84 Å². The maximum atomic E-state index is 12.1. The summed E-state index contributed by atoms with van der Waals surface area (Å²) in [5, 5.41) is 8.96. The lowest BCUT2D eigenvalue weighted by molar-refractivity contribution is -0.128. The van der Waals surface area contributed by atoms with Crippen molar-refractivity contribution in [3.8, 4) is 0 Å². The van der Waals surface area contributed by atoms with E-state index >= 15 is 0 Å². The van der Waals surface area contributed by atoms with Crippen LogP contribution in [0.25, 0.3) is 0 Å².